The fraction of sp³-hybridized carbons (Fsp3) is 0.125. The van der Waals surface area contributed by atoms with Gasteiger partial charge in [-0.15, -0.1) is 11.3 Å². The number of carbonyl (C=O) groups is 1. The van der Waals surface area contributed by atoms with Crippen LogP contribution in [0.3, 0.4) is 0 Å². The Morgan fingerprint density at radius 2 is 2.43 bits per heavy atom. The van der Waals surface area contributed by atoms with Gasteiger partial charge in [0, 0.05) is 0 Å². The monoisotopic (exact) mass is 210 g/mol. The van der Waals surface area contributed by atoms with Gasteiger partial charge in [-0.2, -0.15) is 0 Å². The second-order valence-electron chi connectivity index (χ2n) is 2.54. The summed E-state index contributed by atoms with van der Waals surface area (Å²) >= 11 is 1.28. The van der Waals surface area contributed by atoms with Crippen LogP contribution >= 0.6 is 11.3 Å². The molecular weight excluding hydrogens is 204 g/mol. The fourth-order valence-corrected chi connectivity index (χ4v) is 1.79. The highest BCUT2D eigenvalue weighted by Crippen LogP contribution is 2.13. The van der Waals surface area contributed by atoms with E-state index < -0.39 is 5.97 Å². The van der Waals surface area contributed by atoms with Gasteiger partial charge in [0.15, 0.2) is 0 Å². The lowest BCUT2D eigenvalue weighted by atomic mass is 10.4. The lowest BCUT2D eigenvalue weighted by Gasteiger charge is -1.97. The van der Waals surface area contributed by atoms with E-state index in [1.54, 1.807) is 11.4 Å². The first-order valence-electron chi connectivity index (χ1n) is 3.78. The van der Waals surface area contributed by atoms with Crippen LogP contribution in [-0.2, 0) is 4.74 Å². The number of fused-ring (bicyclic) bond motifs is 1. The van der Waals surface area contributed by atoms with Crippen molar-refractivity contribution in [1.29, 1.82) is 0 Å². The molecule has 0 atom stereocenters. The normalized spacial score (nSPS) is 10.4. The molecule has 0 aliphatic heterocycles. The Balaban J connectivity index is 2.70. The van der Waals surface area contributed by atoms with Gasteiger partial charge in [-0.05, 0) is 11.4 Å². The van der Waals surface area contributed by atoms with E-state index in [0.717, 1.165) is 0 Å². The summed E-state index contributed by atoms with van der Waals surface area (Å²) in [6.07, 6.45) is 0. The third kappa shape index (κ3) is 1.29. The molecule has 2 aromatic rings. The number of methoxy groups -OCH3 is 1. The third-order valence-corrected chi connectivity index (χ3v) is 2.60. The number of hydrogen-bond donors (Lipinski definition) is 1. The number of H-pyrrole nitrogens is 1. The molecule has 1 N–H and O–H groups in total. The van der Waals surface area contributed by atoms with Crippen LogP contribution in [0.2, 0.25) is 0 Å². The van der Waals surface area contributed by atoms with Crippen molar-refractivity contribution in [1.82, 2.24) is 9.97 Å². The second kappa shape index (κ2) is 3.22. The number of rotatable bonds is 1. The fourth-order valence-electron chi connectivity index (χ4n) is 1.07. The molecule has 5 nitrogen and oxygen atoms in total. The molecule has 0 fully saturated rings. The first-order chi connectivity index (χ1) is 6.72. The summed E-state index contributed by atoms with van der Waals surface area (Å²) in [6, 6.07) is 1.68. The average molecular weight is 210 g/mol. The average Bonchev–Trinajstić information content (AvgIpc) is 2.64. The summed E-state index contributed by atoms with van der Waals surface area (Å²) in [7, 11) is 1.24. The molecular formula is C8H6N2O3S. The first kappa shape index (κ1) is 8.89. The summed E-state index contributed by atoms with van der Waals surface area (Å²) in [4.78, 5) is 28.8. The Kier molecular flexibility index (Phi) is 2.05. The van der Waals surface area contributed by atoms with Gasteiger partial charge >= 0.3 is 5.97 Å². The van der Waals surface area contributed by atoms with Gasteiger partial charge in [0.2, 0.25) is 5.82 Å². The van der Waals surface area contributed by atoms with Gasteiger partial charge < -0.3 is 4.74 Å². The minimum Gasteiger partial charge on any atom is -0.463 e. The highest BCUT2D eigenvalue weighted by atomic mass is 32.1. The Morgan fingerprint density at radius 1 is 1.64 bits per heavy atom. The smallest absolute Gasteiger partial charge is 0.374 e. The van der Waals surface area contributed by atoms with Gasteiger partial charge in [0.25, 0.3) is 5.56 Å². The Hall–Kier alpha value is -1.69. The molecule has 2 aromatic heterocycles. The summed E-state index contributed by atoms with van der Waals surface area (Å²) in [5.74, 6) is -0.710. The first-order valence-corrected chi connectivity index (χ1v) is 4.66. The standard InChI is InChI=1S/C8H6N2O3S/c1-13-8(12)6-9-4-2-3-14-5(4)7(11)10-6/h2-3H,1H3,(H,9,10,11). The number of thiophene rings is 1. The van der Waals surface area contributed by atoms with Crippen molar-refractivity contribution in [2.45, 2.75) is 0 Å². The summed E-state index contributed by atoms with van der Waals surface area (Å²) in [5, 5.41) is 1.74. The summed E-state index contributed by atoms with van der Waals surface area (Å²) in [5.41, 5.74) is 0.199. The maximum Gasteiger partial charge on any atom is 0.374 e. The quantitative estimate of drug-likeness (QED) is 0.706. The molecule has 14 heavy (non-hydrogen) atoms. The Labute approximate surface area is 82.4 Å². The number of hydrogen-bond acceptors (Lipinski definition) is 5. The molecule has 72 valence electrons. The number of carbonyl (C=O) groups excluding carboxylic acids is 1. The van der Waals surface area contributed by atoms with Crippen LogP contribution in [-0.4, -0.2) is 23.0 Å². The number of nitrogens with one attached hydrogen (secondary N) is 1. The third-order valence-electron chi connectivity index (χ3n) is 1.69. The van der Waals surface area contributed by atoms with E-state index in [2.05, 4.69) is 14.7 Å². The van der Waals surface area contributed by atoms with E-state index in [-0.39, 0.29) is 11.4 Å². The molecule has 2 rings (SSSR count). The minimum absolute atomic E-state index is 0.0663. The Bertz CT molecular complexity index is 543. The van der Waals surface area contributed by atoms with Crippen LogP contribution < -0.4 is 5.56 Å². The van der Waals surface area contributed by atoms with Crippen LogP contribution in [0.15, 0.2) is 16.2 Å². The van der Waals surface area contributed by atoms with Crippen molar-refractivity contribution in [3.63, 3.8) is 0 Å². The molecule has 0 aromatic carbocycles. The van der Waals surface area contributed by atoms with E-state index in [4.69, 9.17) is 0 Å². The molecule has 0 bridgehead atoms. The zero-order valence-corrected chi connectivity index (χ0v) is 8.05. The lowest BCUT2D eigenvalue weighted by molar-refractivity contribution is 0.0587. The highest BCUT2D eigenvalue weighted by molar-refractivity contribution is 7.17. The molecule has 0 amide bonds. The largest absolute Gasteiger partial charge is 0.463 e. The van der Waals surface area contributed by atoms with Gasteiger partial charge in [0.05, 0.1) is 12.6 Å². The SMILES string of the molecule is COC(=O)c1nc2ccsc2c(=O)[nH]1. The van der Waals surface area contributed by atoms with Crippen molar-refractivity contribution in [3.05, 3.63) is 27.6 Å². The minimum atomic E-state index is -0.643. The highest BCUT2D eigenvalue weighted by Gasteiger charge is 2.11. The topological polar surface area (TPSA) is 72.0 Å². The van der Waals surface area contributed by atoms with Gasteiger partial charge in [-0.1, -0.05) is 0 Å². The molecule has 0 aliphatic rings. The van der Waals surface area contributed by atoms with Crippen LogP contribution in [0.4, 0.5) is 0 Å². The van der Waals surface area contributed by atoms with Crippen molar-refractivity contribution in [2.24, 2.45) is 0 Å². The van der Waals surface area contributed by atoms with Crippen LogP contribution in [0, 0.1) is 0 Å². The number of esters is 1. The van der Waals surface area contributed by atoms with Crippen molar-refractivity contribution >= 4 is 27.5 Å². The van der Waals surface area contributed by atoms with Crippen molar-refractivity contribution in [3.8, 4) is 0 Å². The Morgan fingerprint density at radius 3 is 3.14 bits per heavy atom. The molecule has 0 saturated heterocycles. The van der Waals surface area contributed by atoms with Crippen molar-refractivity contribution < 1.29 is 9.53 Å². The number of nitrogens with zero attached hydrogens (tertiary/aromatic N) is 1. The zero-order valence-electron chi connectivity index (χ0n) is 7.23. The number of ether oxygens (including phenoxy) is 1. The molecule has 0 radical (unpaired) electrons. The van der Waals surface area contributed by atoms with Crippen LogP contribution in [0.25, 0.3) is 10.2 Å². The molecule has 2 heterocycles. The molecule has 6 heteroatoms. The van der Waals surface area contributed by atoms with Gasteiger partial charge in [-0.3, -0.25) is 9.78 Å². The van der Waals surface area contributed by atoms with Crippen molar-refractivity contribution in [2.75, 3.05) is 7.11 Å². The van der Waals surface area contributed by atoms with Gasteiger partial charge in [-0.25, -0.2) is 9.78 Å². The lowest BCUT2D eigenvalue weighted by Crippen LogP contribution is -2.15. The predicted molar refractivity (Wildman–Crippen MR) is 51.6 cm³/mol. The van der Waals surface area contributed by atoms with Crippen LogP contribution in [0.5, 0.6) is 0 Å². The maximum absolute atomic E-state index is 11.4. The van der Waals surface area contributed by atoms with E-state index >= 15 is 0 Å². The number of aromatic amines is 1. The predicted octanol–water partition coefficient (Wildman–Crippen LogP) is 0.771. The maximum atomic E-state index is 11.4. The van der Waals surface area contributed by atoms with E-state index in [1.807, 2.05) is 0 Å². The molecule has 0 saturated carbocycles. The number of aromatic nitrogens is 2. The van der Waals surface area contributed by atoms with E-state index in [1.165, 1.54) is 18.4 Å². The summed E-state index contributed by atoms with van der Waals surface area (Å²) in [6.45, 7) is 0. The van der Waals surface area contributed by atoms with Crippen LogP contribution in [0.1, 0.15) is 10.6 Å². The van der Waals surface area contributed by atoms with E-state index in [0.29, 0.717) is 10.2 Å². The summed E-state index contributed by atoms with van der Waals surface area (Å²) < 4.78 is 4.96. The second-order valence-corrected chi connectivity index (χ2v) is 3.46. The molecule has 0 unspecified atom stereocenters. The molecule has 0 aliphatic carbocycles. The van der Waals surface area contributed by atoms with Gasteiger partial charge in [0.1, 0.15) is 4.70 Å². The molecule has 0 spiro atoms. The zero-order chi connectivity index (χ0) is 10.1. The van der Waals surface area contributed by atoms with E-state index in [9.17, 15) is 9.59 Å².